The van der Waals surface area contributed by atoms with Crippen molar-refractivity contribution >= 4 is 0 Å². The summed E-state index contributed by atoms with van der Waals surface area (Å²) in [7, 11) is 0. The van der Waals surface area contributed by atoms with Crippen molar-refractivity contribution < 1.29 is 10.2 Å². The van der Waals surface area contributed by atoms with E-state index in [1.807, 2.05) is 0 Å². The number of hydrogen-bond donors (Lipinski definition) is 3. The van der Waals surface area contributed by atoms with Gasteiger partial charge in [-0.25, -0.2) is 0 Å². The highest BCUT2D eigenvalue weighted by molar-refractivity contribution is 4.89. The average Bonchev–Trinajstić information content (AvgIpc) is 2.67. The monoisotopic (exact) mass is 199 g/mol. The van der Waals surface area contributed by atoms with Crippen molar-refractivity contribution in [2.24, 2.45) is 11.8 Å². The number of aliphatic hydroxyl groups is 2. The molecule has 1 aliphatic heterocycles. The molecule has 1 saturated carbocycles. The molecule has 2 atom stereocenters. The van der Waals surface area contributed by atoms with Gasteiger partial charge in [0.1, 0.15) is 0 Å². The quantitative estimate of drug-likeness (QED) is 0.607. The number of nitrogens with one attached hydrogen (secondary N) is 1. The molecule has 0 amide bonds. The van der Waals surface area contributed by atoms with Crippen LogP contribution in [0.1, 0.15) is 32.1 Å². The first-order chi connectivity index (χ1) is 6.81. The molecule has 3 nitrogen and oxygen atoms in total. The zero-order chi connectivity index (χ0) is 9.97. The van der Waals surface area contributed by atoms with Crippen molar-refractivity contribution in [3.8, 4) is 0 Å². The molecule has 1 saturated heterocycles. The second-order valence-corrected chi connectivity index (χ2v) is 4.76. The normalized spacial score (nSPS) is 44.1. The van der Waals surface area contributed by atoms with E-state index < -0.39 is 0 Å². The van der Waals surface area contributed by atoms with Crippen molar-refractivity contribution in [1.82, 2.24) is 5.32 Å². The van der Waals surface area contributed by atoms with Gasteiger partial charge in [-0.15, -0.1) is 0 Å². The Labute approximate surface area is 85.5 Å². The van der Waals surface area contributed by atoms with Crippen molar-refractivity contribution in [3.63, 3.8) is 0 Å². The van der Waals surface area contributed by atoms with Gasteiger partial charge < -0.3 is 15.5 Å². The first-order valence-corrected chi connectivity index (χ1v) is 5.83. The largest absolute Gasteiger partial charge is 0.395 e. The van der Waals surface area contributed by atoms with Crippen LogP contribution in [-0.4, -0.2) is 35.5 Å². The van der Waals surface area contributed by atoms with Gasteiger partial charge in [0, 0.05) is 6.04 Å². The SMILES string of the molecule is OC[C@H]1NCC[C@H]1C1CCC(O)CC1. The minimum atomic E-state index is -0.0619. The third-order valence-corrected chi connectivity index (χ3v) is 3.94. The molecule has 0 spiro atoms. The molecule has 14 heavy (non-hydrogen) atoms. The van der Waals surface area contributed by atoms with Crippen LogP contribution in [0.25, 0.3) is 0 Å². The first kappa shape index (κ1) is 10.4. The van der Waals surface area contributed by atoms with Gasteiger partial charge in [-0.2, -0.15) is 0 Å². The summed E-state index contributed by atoms with van der Waals surface area (Å²) in [5, 5.41) is 22.0. The van der Waals surface area contributed by atoms with Crippen molar-refractivity contribution in [1.29, 1.82) is 0 Å². The highest BCUT2D eigenvalue weighted by Crippen LogP contribution is 2.35. The molecule has 2 fully saturated rings. The molecule has 1 aliphatic carbocycles. The molecule has 82 valence electrons. The van der Waals surface area contributed by atoms with E-state index in [0.717, 1.165) is 38.1 Å². The van der Waals surface area contributed by atoms with Gasteiger partial charge in [0.15, 0.2) is 0 Å². The molecule has 3 heteroatoms. The predicted octanol–water partition coefficient (Wildman–Crippen LogP) is 0.508. The highest BCUT2D eigenvalue weighted by atomic mass is 16.3. The fraction of sp³-hybridized carbons (Fsp3) is 1.00. The van der Waals surface area contributed by atoms with Gasteiger partial charge in [-0.05, 0) is 50.5 Å². The summed E-state index contributed by atoms with van der Waals surface area (Å²) < 4.78 is 0. The first-order valence-electron chi connectivity index (χ1n) is 5.83. The Morgan fingerprint density at radius 2 is 1.79 bits per heavy atom. The lowest BCUT2D eigenvalue weighted by Crippen LogP contribution is -2.36. The lowest BCUT2D eigenvalue weighted by atomic mass is 9.76. The van der Waals surface area contributed by atoms with E-state index in [-0.39, 0.29) is 12.7 Å². The lowest BCUT2D eigenvalue weighted by molar-refractivity contribution is 0.0817. The Balaban J connectivity index is 1.88. The van der Waals surface area contributed by atoms with Crippen LogP contribution in [-0.2, 0) is 0 Å². The Hall–Kier alpha value is -0.120. The molecule has 1 heterocycles. The molecule has 0 aromatic heterocycles. The molecule has 0 radical (unpaired) electrons. The zero-order valence-corrected chi connectivity index (χ0v) is 8.65. The Kier molecular flexibility index (Phi) is 3.42. The summed E-state index contributed by atoms with van der Waals surface area (Å²) in [5.74, 6) is 1.37. The van der Waals surface area contributed by atoms with E-state index in [1.54, 1.807) is 0 Å². The van der Waals surface area contributed by atoms with Gasteiger partial charge in [0.05, 0.1) is 12.7 Å². The van der Waals surface area contributed by atoms with Crippen LogP contribution in [0.15, 0.2) is 0 Å². The molecule has 2 aliphatic rings. The van der Waals surface area contributed by atoms with E-state index in [1.165, 1.54) is 6.42 Å². The fourth-order valence-corrected chi connectivity index (χ4v) is 3.08. The van der Waals surface area contributed by atoms with Gasteiger partial charge in [0.25, 0.3) is 0 Å². The van der Waals surface area contributed by atoms with Gasteiger partial charge in [0.2, 0.25) is 0 Å². The summed E-state index contributed by atoms with van der Waals surface area (Å²) in [4.78, 5) is 0. The molecule has 2 rings (SSSR count). The molecule has 3 N–H and O–H groups in total. The minimum absolute atomic E-state index is 0.0619. The van der Waals surface area contributed by atoms with Crippen LogP contribution in [0.3, 0.4) is 0 Å². The molecule has 0 aromatic carbocycles. The minimum Gasteiger partial charge on any atom is -0.395 e. The zero-order valence-electron chi connectivity index (χ0n) is 8.65. The number of aliphatic hydroxyl groups excluding tert-OH is 2. The van der Waals surface area contributed by atoms with Crippen LogP contribution in [0.4, 0.5) is 0 Å². The van der Waals surface area contributed by atoms with Crippen LogP contribution >= 0.6 is 0 Å². The Morgan fingerprint density at radius 1 is 1.07 bits per heavy atom. The van der Waals surface area contributed by atoms with Gasteiger partial charge >= 0.3 is 0 Å². The molecular weight excluding hydrogens is 178 g/mol. The second-order valence-electron chi connectivity index (χ2n) is 4.76. The van der Waals surface area contributed by atoms with Crippen molar-refractivity contribution in [2.75, 3.05) is 13.2 Å². The molecule has 0 aromatic rings. The van der Waals surface area contributed by atoms with E-state index in [9.17, 15) is 10.2 Å². The average molecular weight is 199 g/mol. The number of rotatable bonds is 2. The summed E-state index contributed by atoms with van der Waals surface area (Å²) in [6.45, 7) is 1.32. The second kappa shape index (κ2) is 4.60. The predicted molar refractivity (Wildman–Crippen MR) is 54.9 cm³/mol. The van der Waals surface area contributed by atoms with Crippen molar-refractivity contribution in [3.05, 3.63) is 0 Å². The van der Waals surface area contributed by atoms with Crippen LogP contribution in [0.2, 0.25) is 0 Å². The van der Waals surface area contributed by atoms with Gasteiger partial charge in [-0.3, -0.25) is 0 Å². The third kappa shape index (κ3) is 2.10. The molecule has 0 bridgehead atoms. The maximum atomic E-state index is 9.43. The van der Waals surface area contributed by atoms with E-state index in [2.05, 4.69) is 5.32 Å². The van der Waals surface area contributed by atoms with Crippen LogP contribution < -0.4 is 5.32 Å². The smallest absolute Gasteiger partial charge is 0.0587 e. The van der Waals surface area contributed by atoms with Crippen LogP contribution in [0.5, 0.6) is 0 Å². The standard InChI is InChI=1S/C11H21NO2/c13-7-11-10(5-6-12-11)8-1-3-9(14)4-2-8/h8-14H,1-7H2/t8?,9?,10-,11+/m0/s1. The van der Waals surface area contributed by atoms with Gasteiger partial charge in [-0.1, -0.05) is 0 Å². The summed E-state index contributed by atoms with van der Waals surface area (Å²) >= 11 is 0. The molecular formula is C11H21NO2. The van der Waals surface area contributed by atoms with E-state index >= 15 is 0 Å². The molecule has 0 unspecified atom stereocenters. The van der Waals surface area contributed by atoms with E-state index in [4.69, 9.17) is 0 Å². The third-order valence-electron chi connectivity index (χ3n) is 3.94. The maximum Gasteiger partial charge on any atom is 0.0587 e. The Bertz CT molecular complexity index is 178. The number of hydrogen-bond acceptors (Lipinski definition) is 3. The summed E-state index contributed by atoms with van der Waals surface area (Å²) in [6, 6.07) is 0.315. The topological polar surface area (TPSA) is 52.5 Å². The lowest BCUT2D eigenvalue weighted by Gasteiger charge is -2.32. The highest BCUT2D eigenvalue weighted by Gasteiger charge is 2.34. The summed E-state index contributed by atoms with van der Waals surface area (Å²) in [6.07, 6.45) is 5.34. The van der Waals surface area contributed by atoms with Crippen LogP contribution in [0, 0.1) is 11.8 Å². The summed E-state index contributed by atoms with van der Waals surface area (Å²) in [5.41, 5.74) is 0. The van der Waals surface area contributed by atoms with Crippen molar-refractivity contribution in [2.45, 2.75) is 44.2 Å². The van der Waals surface area contributed by atoms with E-state index in [0.29, 0.717) is 12.0 Å². The Morgan fingerprint density at radius 3 is 2.43 bits per heavy atom. The fourth-order valence-electron chi connectivity index (χ4n) is 3.08. The maximum absolute atomic E-state index is 9.43.